The molecule has 4 rings (SSSR count). The van der Waals surface area contributed by atoms with Gasteiger partial charge in [0.05, 0.1) is 16.3 Å². The largest absolute Gasteiger partial charge is 0.411 e. The van der Waals surface area contributed by atoms with Crippen molar-refractivity contribution in [1.29, 1.82) is 0 Å². The first kappa shape index (κ1) is 22.9. The van der Waals surface area contributed by atoms with Crippen LogP contribution in [0.25, 0.3) is 11.5 Å². The maximum absolute atomic E-state index is 13.0. The van der Waals surface area contributed by atoms with Gasteiger partial charge < -0.3 is 14.6 Å². The molecule has 1 heterocycles. The highest BCUT2D eigenvalue weighted by Gasteiger charge is 2.21. The Bertz CT molecular complexity index is 1210. The number of nitrogens with one attached hydrogen (secondary N) is 1. The number of amides is 1. The Labute approximate surface area is 202 Å². The minimum absolute atomic E-state index is 0.00703. The SMILES string of the molecule is CC(C)N(C(=O)CSc1nnc(-c2ccccc2Cl)o1)c1ccc(Nc2ccccc2)cc1. The maximum atomic E-state index is 13.0. The maximum Gasteiger partial charge on any atom is 0.277 e. The quantitative estimate of drug-likeness (QED) is 0.285. The van der Waals surface area contributed by atoms with Crippen LogP contribution in [0.2, 0.25) is 5.02 Å². The number of halogens is 1. The van der Waals surface area contributed by atoms with E-state index in [0.29, 0.717) is 21.7 Å². The Balaban J connectivity index is 1.41. The number of para-hydroxylation sites is 1. The number of hydrogen-bond acceptors (Lipinski definition) is 6. The van der Waals surface area contributed by atoms with E-state index < -0.39 is 0 Å². The molecule has 0 bridgehead atoms. The fraction of sp³-hybridized carbons (Fsp3) is 0.160. The minimum Gasteiger partial charge on any atom is -0.411 e. The first-order valence-electron chi connectivity index (χ1n) is 10.5. The first-order chi connectivity index (χ1) is 16.0. The average Bonchev–Trinajstić information content (AvgIpc) is 3.29. The van der Waals surface area contributed by atoms with Crippen LogP contribution < -0.4 is 10.2 Å². The summed E-state index contributed by atoms with van der Waals surface area (Å²) in [7, 11) is 0. The van der Waals surface area contributed by atoms with Crippen LogP contribution >= 0.6 is 23.4 Å². The summed E-state index contributed by atoms with van der Waals surface area (Å²) in [6.45, 7) is 3.97. The summed E-state index contributed by atoms with van der Waals surface area (Å²) in [6.07, 6.45) is 0. The zero-order chi connectivity index (χ0) is 23.2. The lowest BCUT2D eigenvalue weighted by Crippen LogP contribution is -2.38. The van der Waals surface area contributed by atoms with Crippen molar-refractivity contribution >= 4 is 46.3 Å². The average molecular weight is 479 g/mol. The van der Waals surface area contributed by atoms with Crippen LogP contribution in [0.1, 0.15) is 13.8 Å². The smallest absolute Gasteiger partial charge is 0.277 e. The van der Waals surface area contributed by atoms with Gasteiger partial charge in [0.2, 0.25) is 11.8 Å². The number of anilines is 3. The molecule has 1 aromatic heterocycles. The summed E-state index contributed by atoms with van der Waals surface area (Å²) < 4.78 is 5.70. The highest BCUT2D eigenvalue weighted by Crippen LogP contribution is 2.29. The topological polar surface area (TPSA) is 71.3 Å². The normalized spacial score (nSPS) is 10.9. The fourth-order valence-corrected chi connectivity index (χ4v) is 4.17. The highest BCUT2D eigenvalue weighted by molar-refractivity contribution is 7.99. The van der Waals surface area contributed by atoms with Crippen molar-refractivity contribution in [2.75, 3.05) is 16.0 Å². The number of hydrogen-bond donors (Lipinski definition) is 1. The Kier molecular flexibility index (Phi) is 7.32. The summed E-state index contributed by atoms with van der Waals surface area (Å²) in [4.78, 5) is 14.8. The molecule has 0 unspecified atom stereocenters. The third-order valence-corrected chi connectivity index (χ3v) is 5.96. The van der Waals surface area contributed by atoms with Crippen molar-refractivity contribution in [3.8, 4) is 11.5 Å². The van der Waals surface area contributed by atoms with Crippen molar-refractivity contribution < 1.29 is 9.21 Å². The van der Waals surface area contributed by atoms with Crippen LogP contribution in [0.5, 0.6) is 0 Å². The minimum atomic E-state index is -0.0451. The summed E-state index contributed by atoms with van der Waals surface area (Å²) >= 11 is 7.40. The highest BCUT2D eigenvalue weighted by atomic mass is 35.5. The molecule has 168 valence electrons. The molecule has 0 radical (unpaired) electrons. The van der Waals surface area contributed by atoms with E-state index in [1.165, 1.54) is 11.8 Å². The molecule has 3 aromatic carbocycles. The van der Waals surface area contributed by atoms with Crippen molar-refractivity contribution in [3.63, 3.8) is 0 Å². The predicted molar refractivity (Wildman–Crippen MR) is 134 cm³/mol. The standard InChI is InChI=1S/C25H23ClN4O2S/c1-17(2)30(20-14-12-19(13-15-20)27-18-8-4-3-5-9-18)23(31)16-33-25-29-28-24(32-25)21-10-6-7-11-22(21)26/h3-15,17,27H,16H2,1-2H3. The van der Waals surface area contributed by atoms with E-state index in [4.69, 9.17) is 16.0 Å². The van der Waals surface area contributed by atoms with Gasteiger partial charge in [0.25, 0.3) is 5.22 Å². The molecule has 0 atom stereocenters. The van der Waals surface area contributed by atoms with Gasteiger partial charge in [0.15, 0.2) is 0 Å². The Morgan fingerprint density at radius 2 is 1.64 bits per heavy atom. The second-order valence-electron chi connectivity index (χ2n) is 7.54. The summed E-state index contributed by atoms with van der Waals surface area (Å²) in [5.74, 6) is 0.459. The van der Waals surface area contributed by atoms with Gasteiger partial charge in [-0.25, -0.2) is 0 Å². The number of carbonyl (C=O) groups excluding carboxylic acids is 1. The summed E-state index contributed by atoms with van der Waals surface area (Å²) in [5.41, 5.74) is 3.46. The number of aromatic nitrogens is 2. The lowest BCUT2D eigenvalue weighted by Gasteiger charge is -2.27. The van der Waals surface area contributed by atoms with E-state index in [2.05, 4.69) is 15.5 Å². The van der Waals surface area contributed by atoms with Crippen LogP contribution in [0.3, 0.4) is 0 Å². The zero-order valence-electron chi connectivity index (χ0n) is 18.2. The van der Waals surface area contributed by atoms with Crippen molar-refractivity contribution in [2.24, 2.45) is 0 Å². The van der Waals surface area contributed by atoms with Gasteiger partial charge in [-0.15, -0.1) is 10.2 Å². The Morgan fingerprint density at radius 3 is 2.33 bits per heavy atom. The number of thioether (sulfide) groups is 1. The molecule has 0 aliphatic carbocycles. The predicted octanol–water partition coefficient (Wildman–Crippen LogP) is 6.67. The van der Waals surface area contributed by atoms with E-state index in [1.807, 2.05) is 86.6 Å². The van der Waals surface area contributed by atoms with Crippen molar-refractivity contribution in [2.45, 2.75) is 25.1 Å². The molecule has 33 heavy (non-hydrogen) atoms. The fourth-order valence-electron chi connectivity index (χ4n) is 3.33. The van der Waals surface area contributed by atoms with E-state index in [1.54, 1.807) is 11.0 Å². The molecule has 0 spiro atoms. The summed E-state index contributed by atoms with van der Waals surface area (Å²) in [5, 5.41) is 12.3. The molecule has 0 saturated carbocycles. The molecular formula is C25H23ClN4O2S. The number of carbonyl (C=O) groups is 1. The lowest BCUT2D eigenvalue weighted by atomic mass is 10.2. The first-order valence-corrected chi connectivity index (χ1v) is 11.8. The zero-order valence-corrected chi connectivity index (χ0v) is 19.8. The number of rotatable bonds is 8. The van der Waals surface area contributed by atoms with Crippen LogP contribution in [0.4, 0.5) is 17.1 Å². The summed E-state index contributed by atoms with van der Waals surface area (Å²) in [6, 6.07) is 25.0. The van der Waals surface area contributed by atoms with Gasteiger partial charge in [0, 0.05) is 23.1 Å². The van der Waals surface area contributed by atoms with Gasteiger partial charge in [-0.05, 0) is 62.4 Å². The molecule has 1 amide bonds. The monoisotopic (exact) mass is 478 g/mol. The Hall–Kier alpha value is -3.29. The molecule has 8 heteroatoms. The third-order valence-electron chi connectivity index (χ3n) is 4.82. The van der Waals surface area contributed by atoms with Crippen molar-refractivity contribution in [1.82, 2.24) is 10.2 Å². The molecule has 0 aliphatic rings. The van der Waals surface area contributed by atoms with Crippen LogP contribution in [-0.2, 0) is 4.79 Å². The van der Waals surface area contributed by atoms with Gasteiger partial charge in [0.1, 0.15) is 0 Å². The molecule has 0 saturated heterocycles. The van der Waals surface area contributed by atoms with E-state index in [9.17, 15) is 4.79 Å². The lowest BCUT2D eigenvalue weighted by molar-refractivity contribution is -0.116. The third kappa shape index (κ3) is 5.74. The molecule has 1 N–H and O–H groups in total. The van der Waals surface area contributed by atoms with Gasteiger partial charge in [-0.3, -0.25) is 4.79 Å². The number of benzene rings is 3. The molecule has 0 fully saturated rings. The van der Waals surface area contributed by atoms with Crippen LogP contribution in [-0.4, -0.2) is 27.9 Å². The van der Waals surface area contributed by atoms with E-state index >= 15 is 0 Å². The Morgan fingerprint density at radius 1 is 0.970 bits per heavy atom. The molecule has 6 nitrogen and oxygen atoms in total. The van der Waals surface area contributed by atoms with E-state index in [-0.39, 0.29) is 17.7 Å². The number of nitrogens with zero attached hydrogens (tertiary/aromatic N) is 3. The van der Waals surface area contributed by atoms with Gasteiger partial charge >= 0.3 is 0 Å². The molecule has 4 aromatic rings. The van der Waals surface area contributed by atoms with Crippen LogP contribution in [0.15, 0.2) is 88.5 Å². The van der Waals surface area contributed by atoms with Gasteiger partial charge in [-0.2, -0.15) is 0 Å². The van der Waals surface area contributed by atoms with E-state index in [0.717, 1.165) is 17.1 Å². The molecule has 0 aliphatic heterocycles. The second kappa shape index (κ2) is 10.6. The van der Waals surface area contributed by atoms with Crippen molar-refractivity contribution in [3.05, 3.63) is 83.9 Å². The molecular weight excluding hydrogens is 456 g/mol. The second-order valence-corrected chi connectivity index (χ2v) is 8.87. The van der Waals surface area contributed by atoms with Gasteiger partial charge in [-0.1, -0.05) is 53.7 Å². The van der Waals surface area contributed by atoms with Crippen LogP contribution in [0, 0.1) is 0 Å².